The molecule has 0 fully saturated rings. The zero-order valence-corrected chi connectivity index (χ0v) is 12.4. The van der Waals surface area contributed by atoms with Gasteiger partial charge in [0.1, 0.15) is 5.75 Å². The van der Waals surface area contributed by atoms with Gasteiger partial charge in [0.05, 0.1) is 6.61 Å². The molecule has 0 atom stereocenters. The first-order valence-corrected chi connectivity index (χ1v) is 7.71. The van der Waals surface area contributed by atoms with Crippen LogP contribution in [-0.2, 0) is 0 Å². The van der Waals surface area contributed by atoms with Crippen molar-refractivity contribution in [3.63, 3.8) is 0 Å². The standard InChI is InChI=1S/C18H25NO/c1-2-3-4-5-6-7-12-20-18-11-9-15-13-17(19)10-8-16(15)14-18/h8-11,13-14H,2-7,12,19H2,1H3. The molecular formula is C18H25NO. The maximum absolute atomic E-state index is 5.82. The number of unbranched alkanes of at least 4 members (excludes halogenated alkanes) is 5. The van der Waals surface area contributed by atoms with E-state index in [9.17, 15) is 0 Å². The number of ether oxygens (including phenoxy) is 1. The van der Waals surface area contributed by atoms with Gasteiger partial charge in [-0.1, -0.05) is 51.2 Å². The van der Waals surface area contributed by atoms with Crippen molar-refractivity contribution in [2.24, 2.45) is 0 Å². The lowest BCUT2D eigenvalue weighted by molar-refractivity contribution is 0.305. The molecule has 0 radical (unpaired) electrons. The van der Waals surface area contributed by atoms with Gasteiger partial charge in [-0.05, 0) is 41.5 Å². The van der Waals surface area contributed by atoms with Gasteiger partial charge in [-0.15, -0.1) is 0 Å². The van der Waals surface area contributed by atoms with Crippen LogP contribution >= 0.6 is 0 Å². The van der Waals surface area contributed by atoms with Crippen LogP contribution in [0.25, 0.3) is 10.8 Å². The Morgan fingerprint density at radius 3 is 2.40 bits per heavy atom. The van der Waals surface area contributed by atoms with Crippen molar-refractivity contribution in [2.45, 2.75) is 45.4 Å². The van der Waals surface area contributed by atoms with Gasteiger partial charge in [-0.25, -0.2) is 0 Å². The minimum absolute atomic E-state index is 0.804. The van der Waals surface area contributed by atoms with Crippen molar-refractivity contribution in [2.75, 3.05) is 12.3 Å². The molecule has 0 saturated heterocycles. The van der Waals surface area contributed by atoms with E-state index in [1.54, 1.807) is 0 Å². The maximum atomic E-state index is 5.82. The average Bonchev–Trinajstić information content (AvgIpc) is 2.46. The second-order valence-corrected chi connectivity index (χ2v) is 5.38. The summed E-state index contributed by atoms with van der Waals surface area (Å²) in [5, 5.41) is 2.34. The van der Waals surface area contributed by atoms with E-state index in [2.05, 4.69) is 19.1 Å². The van der Waals surface area contributed by atoms with E-state index < -0.39 is 0 Å². The van der Waals surface area contributed by atoms with Gasteiger partial charge in [0.2, 0.25) is 0 Å². The van der Waals surface area contributed by atoms with Crippen LogP contribution in [0.1, 0.15) is 45.4 Å². The maximum Gasteiger partial charge on any atom is 0.119 e. The average molecular weight is 271 g/mol. The van der Waals surface area contributed by atoms with Crippen LogP contribution in [0.15, 0.2) is 36.4 Å². The molecular weight excluding hydrogens is 246 g/mol. The zero-order valence-electron chi connectivity index (χ0n) is 12.4. The lowest BCUT2D eigenvalue weighted by Crippen LogP contribution is -1.97. The molecule has 2 nitrogen and oxygen atoms in total. The molecule has 2 aromatic rings. The van der Waals surface area contributed by atoms with E-state index in [1.165, 1.54) is 37.5 Å². The molecule has 0 aliphatic rings. The Hall–Kier alpha value is -1.70. The summed E-state index contributed by atoms with van der Waals surface area (Å²) in [4.78, 5) is 0. The first-order chi connectivity index (χ1) is 9.79. The van der Waals surface area contributed by atoms with Crippen molar-refractivity contribution >= 4 is 16.5 Å². The summed E-state index contributed by atoms with van der Waals surface area (Å²) in [7, 11) is 0. The van der Waals surface area contributed by atoms with E-state index >= 15 is 0 Å². The third-order valence-electron chi connectivity index (χ3n) is 3.60. The molecule has 0 heterocycles. The van der Waals surface area contributed by atoms with Crippen molar-refractivity contribution in [3.8, 4) is 5.75 Å². The van der Waals surface area contributed by atoms with Crippen LogP contribution in [0.4, 0.5) is 5.69 Å². The molecule has 0 saturated carbocycles. The van der Waals surface area contributed by atoms with Gasteiger partial charge in [-0.2, -0.15) is 0 Å². The SMILES string of the molecule is CCCCCCCCOc1ccc2cc(N)ccc2c1. The highest BCUT2D eigenvalue weighted by molar-refractivity contribution is 5.86. The largest absolute Gasteiger partial charge is 0.494 e. The summed E-state index contributed by atoms with van der Waals surface area (Å²) in [6, 6.07) is 12.2. The van der Waals surface area contributed by atoms with Crippen LogP contribution < -0.4 is 10.5 Å². The monoisotopic (exact) mass is 271 g/mol. The third-order valence-corrected chi connectivity index (χ3v) is 3.60. The van der Waals surface area contributed by atoms with Crippen LogP contribution in [0.2, 0.25) is 0 Å². The van der Waals surface area contributed by atoms with E-state index in [4.69, 9.17) is 10.5 Å². The van der Waals surface area contributed by atoms with E-state index in [0.717, 1.165) is 29.9 Å². The quantitative estimate of drug-likeness (QED) is 0.531. The molecule has 2 aromatic carbocycles. The highest BCUT2D eigenvalue weighted by atomic mass is 16.5. The lowest BCUT2D eigenvalue weighted by atomic mass is 10.1. The Labute approximate surface area is 121 Å². The predicted octanol–water partition coefficient (Wildman–Crippen LogP) is 5.16. The number of fused-ring (bicyclic) bond motifs is 1. The summed E-state index contributed by atoms with van der Waals surface area (Å²) in [6.45, 7) is 3.06. The van der Waals surface area contributed by atoms with Crippen LogP contribution in [0.3, 0.4) is 0 Å². The minimum Gasteiger partial charge on any atom is -0.494 e. The first-order valence-electron chi connectivity index (χ1n) is 7.71. The van der Waals surface area contributed by atoms with Crippen LogP contribution in [0, 0.1) is 0 Å². The fourth-order valence-electron chi connectivity index (χ4n) is 2.40. The highest BCUT2D eigenvalue weighted by Crippen LogP contribution is 2.23. The van der Waals surface area contributed by atoms with E-state index in [-0.39, 0.29) is 0 Å². The van der Waals surface area contributed by atoms with E-state index in [0.29, 0.717) is 0 Å². The minimum atomic E-state index is 0.804. The Bertz CT molecular complexity index is 536. The molecule has 0 aliphatic carbocycles. The Morgan fingerprint density at radius 1 is 0.850 bits per heavy atom. The Kier molecular flexibility index (Phi) is 5.72. The number of nitrogens with two attached hydrogens (primary N) is 1. The molecule has 2 rings (SSSR count). The second-order valence-electron chi connectivity index (χ2n) is 5.38. The van der Waals surface area contributed by atoms with Crippen molar-refractivity contribution in [1.29, 1.82) is 0 Å². The molecule has 0 unspecified atom stereocenters. The predicted molar refractivity (Wildman–Crippen MR) is 87.2 cm³/mol. The highest BCUT2D eigenvalue weighted by Gasteiger charge is 1.98. The van der Waals surface area contributed by atoms with Gasteiger partial charge in [-0.3, -0.25) is 0 Å². The molecule has 0 aromatic heterocycles. The number of nitrogen functional groups attached to an aromatic ring is 1. The van der Waals surface area contributed by atoms with Crippen LogP contribution in [-0.4, -0.2) is 6.61 Å². The Balaban J connectivity index is 1.77. The van der Waals surface area contributed by atoms with Gasteiger partial charge >= 0.3 is 0 Å². The summed E-state index contributed by atoms with van der Waals surface area (Å²) in [6.07, 6.45) is 7.75. The van der Waals surface area contributed by atoms with Gasteiger partial charge in [0.15, 0.2) is 0 Å². The molecule has 108 valence electrons. The number of hydrogen-bond donors (Lipinski definition) is 1. The fourth-order valence-corrected chi connectivity index (χ4v) is 2.40. The molecule has 20 heavy (non-hydrogen) atoms. The van der Waals surface area contributed by atoms with Crippen molar-refractivity contribution in [3.05, 3.63) is 36.4 Å². The molecule has 0 amide bonds. The van der Waals surface area contributed by atoms with Crippen LogP contribution in [0.5, 0.6) is 5.75 Å². The van der Waals surface area contributed by atoms with Crippen molar-refractivity contribution in [1.82, 2.24) is 0 Å². The molecule has 0 bridgehead atoms. The second kappa shape index (κ2) is 7.78. The summed E-state index contributed by atoms with van der Waals surface area (Å²) in [5.74, 6) is 0.954. The van der Waals surface area contributed by atoms with Gasteiger partial charge in [0, 0.05) is 5.69 Å². The number of hydrogen-bond acceptors (Lipinski definition) is 2. The zero-order chi connectivity index (χ0) is 14.2. The first kappa shape index (κ1) is 14.7. The fraction of sp³-hybridized carbons (Fsp3) is 0.444. The van der Waals surface area contributed by atoms with Gasteiger partial charge in [0.25, 0.3) is 0 Å². The topological polar surface area (TPSA) is 35.2 Å². The van der Waals surface area contributed by atoms with E-state index in [1.807, 2.05) is 24.3 Å². The van der Waals surface area contributed by atoms with Gasteiger partial charge < -0.3 is 10.5 Å². The third kappa shape index (κ3) is 4.44. The van der Waals surface area contributed by atoms with Crippen molar-refractivity contribution < 1.29 is 4.74 Å². The smallest absolute Gasteiger partial charge is 0.119 e. The molecule has 2 heteroatoms. The lowest BCUT2D eigenvalue weighted by Gasteiger charge is -2.07. The number of benzene rings is 2. The summed E-state index contributed by atoms with van der Waals surface area (Å²) < 4.78 is 5.82. The summed E-state index contributed by atoms with van der Waals surface area (Å²) in [5.41, 5.74) is 6.58. The molecule has 0 aliphatic heterocycles. The molecule has 0 spiro atoms. The summed E-state index contributed by atoms with van der Waals surface area (Å²) >= 11 is 0. The molecule has 2 N–H and O–H groups in total. The number of anilines is 1. The number of rotatable bonds is 8. The normalized spacial score (nSPS) is 10.8. The Morgan fingerprint density at radius 2 is 1.55 bits per heavy atom.